The largest absolute Gasteiger partial charge is 0.421 e. The van der Waals surface area contributed by atoms with Crippen molar-refractivity contribution < 1.29 is 17.9 Å². The molecular weight excluding hydrogens is 273 g/mol. The zero-order chi connectivity index (χ0) is 11.7. The van der Waals surface area contributed by atoms with Crippen molar-refractivity contribution in [2.75, 3.05) is 7.11 Å². The van der Waals surface area contributed by atoms with Gasteiger partial charge in [0.25, 0.3) is 0 Å². The average molecular weight is 283 g/mol. The third-order valence-corrected chi connectivity index (χ3v) is 2.87. The van der Waals surface area contributed by atoms with Gasteiger partial charge in [-0.3, -0.25) is 0 Å². The van der Waals surface area contributed by atoms with E-state index in [1.807, 2.05) is 0 Å². The van der Waals surface area contributed by atoms with Crippen molar-refractivity contribution in [3.05, 3.63) is 34.3 Å². The third-order valence-electron chi connectivity index (χ3n) is 2.34. The Balaban J connectivity index is 3.18. The summed E-state index contributed by atoms with van der Waals surface area (Å²) >= 11 is 3.16. The van der Waals surface area contributed by atoms with E-state index in [1.54, 1.807) is 12.1 Å². The molecule has 1 atom stereocenters. The molecule has 1 aromatic rings. The van der Waals surface area contributed by atoms with Gasteiger partial charge in [0.2, 0.25) is 0 Å². The first-order valence-electron chi connectivity index (χ1n) is 4.19. The van der Waals surface area contributed by atoms with Crippen LogP contribution >= 0.6 is 15.9 Å². The predicted octanol–water partition coefficient (Wildman–Crippen LogP) is 3.87. The maximum absolute atomic E-state index is 12.8. The third kappa shape index (κ3) is 2.34. The highest BCUT2D eigenvalue weighted by atomic mass is 79.9. The van der Waals surface area contributed by atoms with Gasteiger partial charge in [-0.05, 0) is 24.6 Å². The van der Waals surface area contributed by atoms with Gasteiger partial charge in [0, 0.05) is 11.6 Å². The van der Waals surface area contributed by atoms with Crippen LogP contribution in [-0.4, -0.2) is 13.3 Å². The molecule has 0 aliphatic carbocycles. The molecule has 0 N–H and O–H groups in total. The first-order valence-corrected chi connectivity index (χ1v) is 4.98. The predicted molar refractivity (Wildman–Crippen MR) is 54.6 cm³/mol. The molecule has 0 fully saturated rings. The molecule has 0 radical (unpaired) electrons. The molecule has 0 unspecified atom stereocenters. The van der Waals surface area contributed by atoms with E-state index in [0.717, 1.165) is 18.5 Å². The Morgan fingerprint density at radius 1 is 1.13 bits per heavy atom. The molecule has 0 saturated heterocycles. The van der Waals surface area contributed by atoms with Gasteiger partial charge < -0.3 is 4.74 Å². The lowest BCUT2D eigenvalue weighted by Crippen LogP contribution is -2.41. The Bertz CT molecular complexity index is 334. The van der Waals surface area contributed by atoms with Gasteiger partial charge in [0.15, 0.2) is 5.60 Å². The van der Waals surface area contributed by atoms with Crippen LogP contribution in [0.1, 0.15) is 12.5 Å². The molecule has 1 rings (SSSR count). The quantitative estimate of drug-likeness (QED) is 0.800. The van der Waals surface area contributed by atoms with Gasteiger partial charge in [-0.25, -0.2) is 0 Å². The maximum Gasteiger partial charge on any atom is 0.421 e. The highest BCUT2D eigenvalue weighted by Gasteiger charge is 2.52. The summed E-state index contributed by atoms with van der Waals surface area (Å²) in [7, 11) is 1.05. The Kier molecular flexibility index (Phi) is 3.45. The van der Waals surface area contributed by atoms with E-state index in [9.17, 15) is 13.2 Å². The van der Waals surface area contributed by atoms with E-state index < -0.39 is 11.8 Å². The van der Waals surface area contributed by atoms with Crippen LogP contribution in [0.2, 0.25) is 0 Å². The molecule has 5 heteroatoms. The second kappa shape index (κ2) is 4.14. The number of ether oxygens (including phenoxy) is 1. The zero-order valence-corrected chi connectivity index (χ0v) is 9.82. The van der Waals surface area contributed by atoms with Crippen molar-refractivity contribution in [1.29, 1.82) is 0 Å². The number of methoxy groups -OCH3 is 1. The fourth-order valence-electron chi connectivity index (χ4n) is 1.17. The van der Waals surface area contributed by atoms with Crippen LogP contribution in [-0.2, 0) is 10.3 Å². The van der Waals surface area contributed by atoms with Crippen LogP contribution in [0.4, 0.5) is 13.2 Å². The topological polar surface area (TPSA) is 9.23 Å². The van der Waals surface area contributed by atoms with Crippen molar-refractivity contribution in [1.82, 2.24) is 0 Å². The molecule has 0 saturated carbocycles. The smallest absolute Gasteiger partial charge is 0.364 e. The normalized spacial score (nSPS) is 16.1. The van der Waals surface area contributed by atoms with Gasteiger partial charge in [0.05, 0.1) is 0 Å². The molecule has 1 aromatic carbocycles. The van der Waals surface area contributed by atoms with Gasteiger partial charge in [-0.2, -0.15) is 13.2 Å². The SMILES string of the molecule is CO[C@](C)(c1ccc(Br)cc1)C(F)(F)F. The lowest BCUT2D eigenvalue weighted by atomic mass is 9.95. The van der Waals surface area contributed by atoms with Crippen LogP contribution in [0.5, 0.6) is 0 Å². The van der Waals surface area contributed by atoms with E-state index in [2.05, 4.69) is 20.7 Å². The first-order chi connectivity index (χ1) is 6.81. The summed E-state index contributed by atoms with van der Waals surface area (Å²) in [4.78, 5) is 0. The second-order valence-electron chi connectivity index (χ2n) is 3.24. The number of hydrogen-bond donors (Lipinski definition) is 0. The highest BCUT2D eigenvalue weighted by Crippen LogP contribution is 2.41. The fraction of sp³-hybridized carbons (Fsp3) is 0.400. The van der Waals surface area contributed by atoms with Crippen molar-refractivity contribution in [2.45, 2.75) is 18.7 Å². The summed E-state index contributed by atoms with van der Waals surface area (Å²) in [6.07, 6.45) is -4.43. The van der Waals surface area contributed by atoms with Gasteiger partial charge in [0.1, 0.15) is 0 Å². The van der Waals surface area contributed by atoms with E-state index in [4.69, 9.17) is 0 Å². The van der Waals surface area contributed by atoms with Crippen molar-refractivity contribution >= 4 is 15.9 Å². The molecule has 15 heavy (non-hydrogen) atoms. The minimum atomic E-state index is -4.43. The number of hydrogen-bond acceptors (Lipinski definition) is 1. The Labute approximate surface area is 94.4 Å². The standard InChI is InChI=1S/C10H10BrF3O/c1-9(15-2,10(12,13)14)7-3-5-8(11)6-4-7/h3-6H,1-2H3/t9-/m1/s1. The van der Waals surface area contributed by atoms with Crippen LogP contribution < -0.4 is 0 Å². The number of halogens is 4. The molecule has 0 aliphatic heterocycles. The number of benzene rings is 1. The minimum Gasteiger partial charge on any atom is -0.364 e. The first kappa shape index (κ1) is 12.5. The molecule has 0 heterocycles. The lowest BCUT2D eigenvalue weighted by molar-refractivity contribution is -0.269. The fourth-order valence-corrected chi connectivity index (χ4v) is 1.43. The Morgan fingerprint density at radius 3 is 1.93 bits per heavy atom. The van der Waals surface area contributed by atoms with Gasteiger partial charge in [-0.15, -0.1) is 0 Å². The molecule has 0 aromatic heterocycles. The average Bonchev–Trinajstić information content (AvgIpc) is 2.16. The lowest BCUT2D eigenvalue weighted by Gasteiger charge is -2.30. The van der Waals surface area contributed by atoms with Crippen LogP contribution in [0.3, 0.4) is 0 Å². The summed E-state index contributed by atoms with van der Waals surface area (Å²) in [6, 6.07) is 5.89. The van der Waals surface area contributed by atoms with Crippen LogP contribution in [0, 0.1) is 0 Å². The molecule has 0 spiro atoms. The highest BCUT2D eigenvalue weighted by molar-refractivity contribution is 9.10. The zero-order valence-electron chi connectivity index (χ0n) is 8.23. The molecular formula is C10H10BrF3O. The van der Waals surface area contributed by atoms with E-state index in [-0.39, 0.29) is 5.56 Å². The van der Waals surface area contributed by atoms with Crippen LogP contribution in [0.25, 0.3) is 0 Å². The van der Waals surface area contributed by atoms with Crippen molar-refractivity contribution in [2.24, 2.45) is 0 Å². The maximum atomic E-state index is 12.8. The van der Waals surface area contributed by atoms with E-state index in [0.29, 0.717) is 0 Å². The molecule has 84 valence electrons. The summed E-state index contributed by atoms with van der Waals surface area (Å²) in [5, 5.41) is 0. The number of alkyl halides is 3. The molecule has 1 nitrogen and oxygen atoms in total. The molecule has 0 bridgehead atoms. The second-order valence-corrected chi connectivity index (χ2v) is 4.16. The summed E-state index contributed by atoms with van der Waals surface area (Å²) in [5.74, 6) is 0. The Morgan fingerprint density at radius 2 is 1.60 bits per heavy atom. The van der Waals surface area contributed by atoms with Crippen molar-refractivity contribution in [3.8, 4) is 0 Å². The molecule has 0 amide bonds. The van der Waals surface area contributed by atoms with E-state index >= 15 is 0 Å². The summed E-state index contributed by atoms with van der Waals surface area (Å²) in [5.41, 5.74) is -2.17. The Hall–Kier alpha value is -0.550. The monoisotopic (exact) mass is 282 g/mol. The number of rotatable bonds is 2. The summed E-state index contributed by atoms with van der Waals surface area (Å²) < 4.78 is 43.6. The minimum absolute atomic E-state index is 0.0840. The molecule has 0 aliphatic rings. The van der Waals surface area contributed by atoms with Crippen LogP contribution in [0.15, 0.2) is 28.7 Å². The summed E-state index contributed by atoms with van der Waals surface area (Å²) in [6.45, 7) is 1.01. The van der Waals surface area contributed by atoms with Gasteiger partial charge >= 0.3 is 6.18 Å². The van der Waals surface area contributed by atoms with Crippen molar-refractivity contribution in [3.63, 3.8) is 0 Å². The van der Waals surface area contributed by atoms with Gasteiger partial charge in [-0.1, -0.05) is 28.1 Å². The van der Waals surface area contributed by atoms with E-state index in [1.165, 1.54) is 12.1 Å².